The Morgan fingerprint density at radius 1 is 1.15 bits per heavy atom. The van der Waals surface area contributed by atoms with Gasteiger partial charge in [0.25, 0.3) is 0 Å². The minimum absolute atomic E-state index is 0.0387. The lowest BCUT2D eigenvalue weighted by Crippen LogP contribution is -2.14. The third-order valence-corrected chi connectivity index (χ3v) is 5.94. The maximum absolute atomic E-state index is 14.3. The highest BCUT2D eigenvalue weighted by Gasteiger charge is 2.61. The molecule has 0 spiro atoms. The fraction of sp³-hybridized carbons (Fsp3) is 0.471. The monoisotopic (exact) mass is 522 g/mol. The Balaban J connectivity index is 2.18. The Hall–Kier alpha value is -0.510. The highest BCUT2D eigenvalue weighted by molar-refractivity contribution is 14.1. The summed E-state index contributed by atoms with van der Waals surface area (Å²) in [4.78, 5) is 12.3. The van der Waals surface area contributed by atoms with Gasteiger partial charge >= 0.3 is 5.97 Å². The molecule has 144 valence electrons. The maximum atomic E-state index is 14.3. The summed E-state index contributed by atoms with van der Waals surface area (Å²) in [5.74, 6) is -4.88. The van der Waals surface area contributed by atoms with Crippen LogP contribution in [-0.2, 0) is 27.5 Å². The third-order valence-electron chi connectivity index (χ3n) is 4.56. The normalized spacial score (nSPS) is 20.7. The van der Waals surface area contributed by atoms with Crippen molar-refractivity contribution in [3.63, 3.8) is 0 Å². The first-order valence-electron chi connectivity index (χ1n) is 7.56. The highest BCUT2D eigenvalue weighted by atomic mass is 127. The van der Waals surface area contributed by atoms with Crippen LogP contribution in [0.2, 0.25) is 0 Å². The molecule has 1 aromatic rings. The number of hydrogen-bond donors (Lipinski definition) is 0. The second-order valence-corrected chi connectivity index (χ2v) is 8.62. The van der Waals surface area contributed by atoms with Crippen molar-refractivity contribution in [2.45, 2.75) is 27.1 Å². The summed E-state index contributed by atoms with van der Waals surface area (Å²) >= 11 is 12.8. The van der Waals surface area contributed by atoms with Crippen LogP contribution in [0.1, 0.15) is 25.0 Å². The molecule has 3 nitrogen and oxygen atoms in total. The van der Waals surface area contributed by atoms with Gasteiger partial charge < -0.3 is 9.47 Å². The molecule has 0 N–H and O–H groups in total. The summed E-state index contributed by atoms with van der Waals surface area (Å²) < 4.78 is 52.2. The second-order valence-electron chi connectivity index (χ2n) is 6.53. The number of rotatable bonds is 6. The largest absolute Gasteiger partial charge is 0.460 e. The molecule has 1 aliphatic carbocycles. The molecule has 2 atom stereocenters. The molecule has 0 bridgehead atoms. The molecule has 0 radical (unpaired) electrons. The number of hydrogen-bond acceptors (Lipinski definition) is 3. The molecule has 0 aliphatic heterocycles. The fourth-order valence-corrected chi connectivity index (χ4v) is 3.92. The predicted octanol–water partition coefficient (Wildman–Crippen LogP) is 5.49. The lowest BCUT2D eigenvalue weighted by molar-refractivity contribution is -0.147. The van der Waals surface area contributed by atoms with Gasteiger partial charge in [-0.05, 0) is 40.0 Å². The number of carbonyl (C=O) groups is 1. The van der Waals surface area contributed by atoms with E-state index in [1.54, 1.807) is 22.6 Å². The van der Waals surface area contributed by atoms with Crippen LogP contribution in [0, 0.1) is 38.3 Å². The summed E-state index contributed by atoms with van der Waals surface area (Å²) in [6.45, 7) is 2.68. The number of allylic oxidation sites excluding steroid dienone is 1. The van der Waals surface area contributed by atoms with Crippen molar-refractivity contribution in [1.29, 1.82) is 0 Å². The number of esters is 1. The zero-order valence-electron chi connectivity index (χ0n) is 14.1. The van der Waals surface area contributed by atoms with Crippen LogP contribution in [0.3, 0.4) is 0 Å². The molecule has 0 aromatic heterocycles. The quantitative estimate of drug-likeness (QED) is 0.281. The SMILES string of the molecule is COCc1c(F)c(F)c(COC(=O)[C@H]2[C@H](C=C(Cl)Cl)C2(C)C)c(I)c1F. The molecule has 9 heteroatoms. The summed E-state index contributed by atoms with van der Waals surface area (Å²) in [6.07, 6.45) is 1.54. The van der Waals surface area contributed by atoms with Gasteiger partial charge in [-0.25, -0.2) is 13.2 Å². The minimum Gasteiger partial charge on any atom is -0.460 e. The molecule has 0 amide bonds. The van der Waals surface area contributed by atoms with Gasteiger partial charge in [-0.1, -0.05) is 37.0 Å². The summed E-state index contributed by atoms with van der Waals surface area (Å²) in [6, 6.07) is 0. The molecule has 26 heavy (non-hydrogen) atoms. The lowest BCUT2D eigenvalue weighted by atomic mass is 10.1. The summed E-state index contributed by atoms with van der Waals surface area (Å²) in [5.41, 5.74) is -1.28. The van der Waals surface area contributed by atoms with Crippen molar-refractivity contribution in [1.82, 2.24) is 0 Å². The molecule has 0 saturated heterocycles. The molecule has 1 saturated carbocycles. The van der Waals surface area contributed by atoms with Crippen LogP contribution >= 0.6 is 45.8 Å². The van der Waals surface area contributed by atoms with Crippen LogP contribution < -0.4 is 0 Å². The molecular formula is C17H16Cl2F3IO3. The van der Waals surface area contributed by atoms with E-state index in [1.807, 2.05) is 13.8 Å². The smallest absolute Gasteiger partial charge is 0.310 e. The Morgan fingerprint density at radius 3 is 2.27 bits per heavy atom. The van der Waals surface area contributed by atoms with E-state index < -0.39 is 53.5 Å². The van der Waals surface area contributed by atoms with E-state index in [2.05, 4.69) is 4.74 Å². The van der Waals surface area contributed by atoms with E-state index in [-0.39, 0.29) is 19.5 Å². The van der Waals surface area contributed by atoms with Crippen LogP contribution in [0.5, 0.6) is 0 Å². The Morgan fingerprint density at radius 2 is 1.73 bits per heavy atom. The van der Waals surface area contributed by atoms with Gasteiger partial charge in [-0.3, -0.25) is 4.79 Å². The van der Waals surface area contributed by atoms with Gasteiger partial charge in [0.15, 0.2) is 11.6 Å². The standard InChI is InChI=1S/C17H16Cl2F3IO3/c1-17(2)9(4-10(18)19)11(17)16(24)26-6-8-13(21)12(20)7(5-25-3)14(22)15(8)23/h4,9,11H,5-6H2,1-3H3/t9-,11+/m0/s1. The van der Waals surface area contributed by atoms with Gasteiger partial charge in [0.05, 0.1) is 21.7 Å². The molecule has 0 heterocycles. The lowest BCUT2D eigenvalue weighted by Gasteiger charge is -2.13. The van der Waals surface area contributed by atoms with Gasteiger partial charge in [0.1, 0.15) is 16.9 Å². The first kappa shape index (κ1) is 21.8. The van der Waals surface area contributed by atoms with E-state index in [0.717, 1.165) is 0 Å². The fourth-order valence-electron chi connectivity index (χ4n) is 2.93. The molecular weight excluding hydrogens is 507 g/mol. The zero-order valence-corrected chi connectivity index (χ0v) is 17.8. The number of methoxy groups -OCH3 is 1. The van der Waals surface area contributed by atoms with Crippen LogP contribution in [-0.4, -0.2) is 13.1 Å². The van der Waals surface area contributed by atoms with E-state index >= 15 is 0 Å². The minimum atomic E-state index is -1.35. The molecule has 1 fully saturated rings. The number of halogens is 6. The van der Waals surface area contributed by atoms with Crippen molar-refractivity contribution in [2.75, 3.05) is 7.11 Å². The van der Waals surface area contributed by atoms with Crippen molar-refractivity contribution >= 4 is 51.8 Å². The third kappa shape index (κ3) is 4.15. The van der Waals surface area contributed by atoms with E-state index in [1.165, 1.54) is 13.2 Å². The van der Waals surface area contributed by atoms with Gasteiger partial charge in [0.2, 0.25) is 0 Å². The highest BCUT2D eigenvalue weighted by Crippen LogP contribution is 2.60. The number of carbonyl (C=O) groups excluding carboxylic acids is 1. The zero-order chi connectivity index (χ0) is 19.8. The van der Waals surface area contributed by atoms with E-state index in [9.17, 15) is 18.0 Å². The maximum Gasteiger partial charge on any atom is 0.310 e. The number of benzene rings is 1. The summed E-state index contributed by atoms with van der Waals surface area (Å²) in [5, 5.41) is 0. The summed E-state index contributed by atoms with van der Waals surface area (Å²) in [7, 11) is 1.24. The average Bonchev–Trinajstić information content (AvgIpc) is 3.09. The average molecular weight is 523 g/mol. The van der Waals surface area contributed by atoms with Crippen molar-refractivity contribution in [3.8, 4) is 0 Å². The Bertz CT molecular complexity index is 735. The van der Waals surface area contributed by atoms with E-state index in [0.29, 0.717) is 0 Å². The Kier molecular flexibility index (Phi) is 6.91. The van der Waals surface area contributed by atoms with Crippen LogP contribution in [0.15, 0.2) is 10.6 Å². The van der Waals surface area contributed by atoms with Crippen LogP contribution in [0.4, 0.5) is 13.2 Å². The van der Waals surface area contributed by atoms with E-state index in [4.69, 9.17) is 27.9 Å². The van der Waals surface area contributed by atoms with Gasteiger partial charge in [0, 0.05) is 12.7 Å². The molecule has 1 aliphatic rings. The van der Waals surface area contributed by atoms with Crippen LogP contribution in [0.25, 0.3) is 0 Å². The topological polar surface area (TPSA) is 35.5 Å². The molecule has 1 aromatic carbocycles. The number of ether oxygens (including phenoxy) is 2. The first-order chi connectivity index (χ1) is 12.0. The Labute approximate surface area is 173 Å². The van der Waals surface area contributed by atoms with Crippen molar-refractivity contribution < 1.29 is 27.4 Å². The predicted molar refractivity (Wildman–Crippen MR) is 100 cm³/mol. The molecule has 0 unspecified atom stereocenters. The molecule has 2 rings (SSSR count). The van der Waals surface area contributed by atoms with Gasteiger partial charge in [-0.2, -0.15) is 0 Å². The van der Waals surface area contributed by atoms with Crippen molar-refractivity contribution in [2.24, 2.45) is 17.3 Å². The van der Waals surface area contributed by atoms with Crippen molar-refractivity contribution in [3.05, 3.63) is 42.7 Å². The first-order valence-corrected chi connectivity index (χ1v) is 9.39. The second kappa shape index (κ2) is 8.24. The van der Waals surface area contributed by atoms with Gasteiger partial charge in [-0.15, -0.1) is 0 Å².